The van der Waals surface area contributed by atoms with Crippen LogP contribution in [0, 0.1) is 0 Å². The van der Waals surface area contributed by atoms with Crippen molar-refractivity contribution >= 4 is 18.0 Å². The van der Waals surface area contributed by atoms with Crippen molar-refractivity contribution in [2.75, 3.05) is 7.11 Å². The minimum atomic E-state index is -0.801. The molecule has 1 aromatic rings. The van der Waals surface area contributed by atoms with Crippen LogP contribution in [-0.4, -0.2) is 31.1 Å². The third kappa shape index (κ3) is 5.13. The molecule has 124 valence electrons. The lowest BCUT2D eigenvalue weighted by molar-refractivity contribution is -0.150. The van der Waals surface area contributed by atoms with Crippen LogP contribution in [0.25, 0.3) is 6.08 Å². The molecule has 1 aliphatic rings. The van der Waals surface area contributed by atoms with Gasteiger partial charge in [0.25, 0.3) is 5.91 Å². The number of hydrogen-bond acceptors (Lipinski definition) is 4. The lowest BCUT2D eigenvalue weighted by Gasteiger charge is -2.16. The molecule has 1 aromatic carbocycles. The second kappa shape index (κ2) is 8.36. The standard InChI is InChI=1S/C18H23NO4/c1-13(18(21)19-15-8-4-5-9-15)23-17(20)12-11-14-7-3-6-10-16(14)22-2/h3,6-7,10-13,15H,4-5,8-9H2,1-2H3,(H,19,21)/b12-11+/t13-/m1/s1. The first-order valence-corrected chi connectivity index (χ1v) is 7.92. The van der Waals surface area contributed by atoms with E-state index in [4.69, 9.17) is 9.47 Å². The number of amides is 1. The van der Waals surface area contributed by atoms with Crippen LogP contribution in [0.3, 0.4) is 0 Å². The van der Waals surface area contributed by atoms with E-state index in [1.54, 1.807) is 20.1 Å². The quantitative estimate of drug-likeness (QED) is 0.647. The Kier molecular flexibility index (Phi) is 6.20. The molecule has 5 nitrogen and oxygen atoms in total. The van der Waals surface area contributed by atoms with Gasteiger partial charge in [-0.3, -0.25) is 4.79 Å². The van der Waals surface area contributed by atoms with Crippen LogP contribution < -0.4 is 10.1 Å². The molecule has 0 spiro atoms. The molecule has 0 aliphatic heterocycles. The lowest BCUT2D eigenvalue weighted by Crippen LogP contribution is -2.40. The molecule has 0 aromatic heterocycles. The highest BCUT2D eigenvalue weighted by Gasteiger charge is 2.22. The summed E-state index contributed by atoms with van der Waals surface area (Å²) in [5.74, 6) is -0.121. The Morgan fingerprint density at radius 2 is 1.96 bits per heavy atom. The lowest BCUT2D eigenvalue weighted by atomic mass is 10.2. The summed E-state index contributed by atoms with van der Waals surface area (Å²) in [6.07, 6.45) is 6.40. The summed E-state index contributed by atoms with van der Waals surface area (Å²) < 4.78 is 10.3. The number of nitrogens with one attached hydrogen (secondary N) is 1. The summed E-state index contributed by atoms with van der Waals surface area (Å²) in [7, 11) is 1.57. The molecular formula is C18H23NO4. The molecule has 1 saturated carbocycles. The highest BCUT2D eigenvalue weighted by atomic mass is 16.5. The van der Waals surface area contributed by atoms with Gasteiger partial charge >= 0.3 is 5.97 Å². The number of para-hydroxylation sites is 1. The number of esters is 1. The summed E-state index contributed by atoms with van der Waals surface area (Å²) in [6.45, 7) is 1.58. The fraction of sp³-hybridized carbons (Fsp3) is 0.444. The van der Waals surface area contributed by atoms with E-state index in [2.05, 4.69) is 5.32 Å². The number of methoxy groups -OCH3 is 1. The molecule has 23 heavy (non-hydrogen) atoms. The first-order valence-electron chi connectivity index (χ1n) is 7.92. The maximum absolute atomic E-state index is 12.0. The maximum Gasteiger partial charge on any atom is 0.331 e. The van der Waals surface area contributed by atoms with Crippen LogP contribution in [-0.2, 0) is 14.3 Å². The van der Waals surface area contributed by atoms with E-state index in [1.807, 2.05) is 24.3 Å². The number of benzene rings is 1. The maximum atomic E-state index is 12.0. The molecule has 2 rings (SSSR count). The van der Waals surface area contributed by atoms with Crippen LogP contribution in [0.15, 0.2) is 30.3 Å². The predicted octanol–water partition coefficient (Wildman–Crippen LogP) is 2.70. The van der Waals surface area contributed by atoms with E-state index in [1.165, 1.54) is 6.08 Å². The zero-order valence-corrected chi connectivity index (χ0v) is 13.6. The Labute approximate surface area is 136 Å². The minimum absolute atomic E-state index is 0.216. The van der Waals surface area contributed by atoms with Crippen molar-refractivity contribution in [3.8, 4) is 5.75 Å². The van der Waals surface area contributed by atoms with Crippen LogP contribution in [0.4, 0.5) is 0 Å². The molecule has 5 heteroatoms. The van der Waals surface area contributed by atoms with Gasteiger partial charge in [0.05, 0.1) is 7.11 Å². The summed E-state index contributed by atoms with van der Waals surface area (Å²) in [6, 6.07) is 7.56. The van der Waals surface area contributed by atoms with Crippen molar-refractivity contribution in [2.45, 2.75) is 44.8 Å². The van der Waals surface area contributed by atoms with Crippen molar-refractivity contribution in [1.82, 2.24) is 5.32 Å². The van der Waals surface area contributed by atoms with Gasteiger partial charge in [-0.15, -0.1) is 0 Å². The molecular weight excluding hydrogens is 294 g/mol. The molecule has 1 N–H and O–H groups in total. The van der Waals surface area contributed by atoms with Gasteiger partial charge in [0, 0.05) is 17.7 Å². The first-order chi connectivity index (χ1) is 11.1. The molecule has 0 bridgehead atoms. The van der Waals surface area contributed by atoms with Crippen molar-refractivity contribution in [1.29, 1.82) is 0 Å². The van der Waals surface area contributed by atoms with Gasteiger partial charge in [-0.1, -0.05) is 31.0 Å². The number of carbonyl (C=O) groups excluding carboxylic acids is 2. The first kappa shape index (κ1) is 17.1. The highest BCUT2D eigenvalue weighted by molar-refractivity contribution is 5.90. The summed E-state index contributed by atoms with van der Waals surface area (Å²) in [5, 5.41) is 2.92. The normalized spacial score (nSPS) is 16.3. The minimum Gasteiger partial charge on any atom is -0.496 e. The van der Waals surface area contributed by atoms with Gasteiger partial charge in [0.2, 0.25) is 0 Å². The fourth-order valence-corrected chi connectivity index (χ4v) is 2.62. The monoisotopic (exact) mass is 317 g/mol. The van der Waals surface area contributed by atoms with Crippen LogP contribution >= 0.6 is 0 Å². The SMILES string of the molecule is COc1ccccc1/C=C/C(=O)O[C@H](C)C(=O)NC1CCCC1. The Bertz CT molecular complexity index is 576. The summed E-state index contributed by atoms with van der Waals surface area (Å²) >= 11 is 0. The predicted molar refractivity (Wildman–Crippen MR) is 88.0 cm³/mol. The van der Waals surface area contributed by atoms with Gasteiger partial charge in [0.1, 0.15) is 5.75 Å². The third-order valence-corrected chi connectivity index (χ3v) is 3.90. The largest absolute Gasteiger partial charge is 0.496 e. The molecule has 0 unspecified atom stereocenters. The topological polar surface area (TPSA) is 64.6 Å². The smallest absolute Gasteiger partial charge is 0.331 e. The average Bonchev–Trinajstić information content (AvgIpc) is 3.06. The zero-order chi connectivity index (χ0) is 16.7. The summed E-state index contributed by atoms with van der Waals surface area (Å²) in [5.41, 5.74) is 0.773. The van der Waals surface area contributed by atoms with Crippen molar-refractivity contribution in [2.24, 2.45) is 0 Å². The van der Waals surface area contributed by atoms with Crippen LogP contribution in [0.5, 0.6) is 5.75 Å². The molecule has 1 amide bonds. The van der Waals surface area contributed by atoms with Crippen molar-refractivity contribution < 1.29 is 19.1 Å². The Morgan fingerprint density at radius 1 is 1.26 bits per heavy atom. The van der Waals surface area contributed by atoms with Crippen molar-refractivity contribution in [3.05, 3.63) is 35.9 Å². The second-order valence-corrected chi connectivity index (χ2v) is 5.64. The van der Waals surface area contributed by atoms with E-state index in [9.17, 15) is 9.59 Å². The molecule has 0 radical (unpaired) electrons. The Morgan fingerprint density at radius 3 is 2.65 bits per heavy atom. The second-order valence-electron chi connectivity index (χ2n) is 5.64. The van der Waals surface area contributed by atoms with E-state index in [0.717, 1.165) is 31.2 Å². The average molecular weight is 317 g/mol. The van der Waals surface area contributed by atoms with E-state index >= 15 is 0 Å². The van der Waals surface area contributed by atoms with Crippen molar-refractivity contribution in [3.63, 3.8) is 0 Å². The third-order valence-electron chi connectivity index (χ3n) is 3.90. The van der Waals surface area contributed by atoms with E-state index < -0.39 is 12.1 Å². The number of rotatable bonds is 6. The highest BCUT2D eigenvalue weighted by Crippen LogP contribution is 2.19. The molecule has 1 aliphatic carbocycles. The molecule has 1 atom stereocenters. The Hall–Kier alpha value is -2.30. The summed E-state index contributed by atoms with van der Waals surface area (Å²) in [4.78, 5) is 23.8. The zero-order valence-electron chi connectivity index (χ0n) is 13.6. The van der Waals surface area contributed by atoms with Crippen LogP contribution in [0.1, 0.15) is 38.2 Å². The number of hydrogen-bond donors (Lipinski definition) is 1. The number of ether oxygens (including phenoxy) is 2. The van der Waals surface area contributed by atoms with E-state index in [0.29, 0.717) is 5.75 Å². The van der Waals surface area contributed by atoms with E-state index in [-0.39, 0.29) is 11.9 Å². The van der Waals surface area contributed by atoms with Gasteiger partial charge in [-0.2, -0.15) is 0 Å². The van der Waals surface area contributed by atoms with Gasteiger partial charge in [0.15, 0.2) is 6.10 Å². The fourth-order valence-electron chi connectivity index (χ4n) is 2.62. The van der Waals surface area contributed by atoms with Gasteiger partial charge in [-0.25, -0.2) is 4.79 Å². The molecule has 0 heterocycles. The molecule has 1 fully saturated rings. The van der Waals surface area contributed by atoms with Gasteiger partial charge < -0.3 is 14.8 Å². The Balaban J connectivity index is 1.85. The molecule has 0 saturated heterocycles. The van der Waals surface area contributed by atoms with Crippen LogP contribution in [0.2, 0.25) is 0 Å². The van der Waals surface area contributed by atoms with Gasteiger partial charge in [-0.05, 0) is 31.9 Å². The number of carbonyl (C=O) groups is 2.